The highest BCUT2D eigenvalue weighted by molar-refractivity contribution is 9.09. The van der Waals surface area contributed by atoms with Crippen LogP contribution < -0.4 is 10.6 Å². The number of aliphatic hydroxyl groups is 1. The molecule has 0 heterocycles. The molecule has 2 rings (SSSR count). The Bertz CT molecular complexity index is 1150. The lowest BCUT2D eigenvalue weighted by Crippen LogP contribution is -2.59. The van der Waals surface area contributed by atoms with Gasteiger partial charge in [0.1, 0.15) is 6.04 Å². The van der Waals surface area contributed by atoms with Crippen LogP contribution in [-0.4, -0.2) is 66.3 Å². The highest BCUT2D eigenvalue weighted by atomic mass is 79.9. The number of nitrogens with one attached hydrogen (secondary N) is 2. The van der Waals surface area contributed by atoms with Gasteiger partial charge in [0.05, 0.1) is 22.4 Å². The molecule has 0 saturated heterocycles. The fourth-order valence-corrected chi connectivity index (χ4v) is 5.74. The first-order valence-electron chi connectivity index (χ1n) is 13.2. The first-order chi connectivity index (χ1) is 18.3. The second kappa shape index (κ2) is 14.9. The molecule has 0 unspecified atom stereocenters. The van der Waals surface area contributed by atoms with Crippen molar-refractivity contribution in [3.05, 3.63) is 66.2 Å². The molecule has 8 nitrogen and oxygen atoms in total. The molecular formula is C29H42BrN3O5S. The van der Waals surface area contributed by atoms with Crippen LogP contribution >= 0.6 is 15.9 Å². The number of sulfonamides is 1. The number of rotatable bonds is 14. The molecule has 0 radical (unpaired) electrons. The summed E-state index contributed by atoms with van der Waals surface area (Å²) >= 11 is 3.12. The Morgan fingerprint density at radius 2 is 1.54 bits per heavy atom. The van der Waals surface area contributed by atoms with E-state index >= 15 is 0 Å². The Morgan fingerprint density at radius 3 is 2.05 bits per heavy atom. The molecule has 3 N–H and O–H groups in total. The van der Waals surface area contributed by atoms with Gasteiger partial charge in [-0.1, -0.05) is 99.1 Å². The van der Waals surface area contributed by atoms with Gasteiger partial charge in [0, 0.05) is 13.1 Å². The van der Waals surface area contributed by atoms with Crippen LogP contribution in [0.4, 0.5) is 0 Å². The van der Waals surface area contributed by atoms with Crippen molar-refractivity contribution in [1.82, 2.24) is 14.9 Å². The predicted molar refractivity (Wildman–Crippen MR) is 158 cm³/mol. The monoisotopic (exact) mass is 623 g/mol. The number of aliphatic hydroxyl groups excluding tert-OH is 1. The van der Waals surface area contributed by atoms with Crippen molar-refractivity contribution in [2.75, 3.05) is 18.4 Å². The van der Waals surface area contributed by atoms with E-state index in [1.807, 2.05) is 65.0 Å². The molecule has 2 amide bonds. The number of carbonyl (C=O) groups excluding carboxylic acids is 2. The van der Waals surface area contributed by atoms with Gasteiger partial charge in [0.15, 0.2) is 0 Å². The zero-order valence-electron chi connectivity index (χ0n) is 23.4. The molecule has 39 heavy (non-hydrogen) atoms. The van der Waals surface area contributed by atoms with E-state index in [0.717, 1.165) is 5.56 Å². The zero-order valence-corrected chi connectivity index (χ0v) is 25.8. The summed E-state index contributed by atoms with van der Waals surface area (Å²) in [5.41, 5.74) is 0.266. The molecule has 0 aromatic heterocycles. The topological polar surface area (TPSA) is 116 Å². The number of halogens is 1. The minimum absolute atomic E-state index is 0.0467. The quantitative estimate of drug-likeness (QED) is 0.277. The highest BCUT2D eigenvalue weighted by Gasteiger charge is 2.36. The van der Waals surface area contributed by atoms with E-state index in [1.165, 1.54) is 16.4 Å². The number of amides is 2. The van der Waals surface area contributed by atoms with Crippen LogP contribution in [0.2, 0.25) is 0 Å². The average molecular weight is 625 g/mol. The predicted octanol–water partition coefficient (Wildman–Crippen LogP) is 3.74. The van der Waals surface area contributed by atoms with Crippen molar-refractivity contribution in [2.45, 2.75) is 70.5 Å². The standard InChI is InChI=1S/C29H42BrN3O5S/c1-21(2)16-17-33(39(37,38)23-14-10-7-11-15-23)20-25(34)24(18-22-12-8-6-9-13-22)31-28(36)27(29(3,4)5)32-26(35)19-30/h6-15,21,24-25,27,34H,16-20H2,1-5H3,(H,31,36)(H,32,35)/t24-,25+,27+/m0/s1. The van der Waals surface area contributed by atoms with E-state index in [9.17, 15) is 23.1 Å². The van der Waals surface area contributed by atoms with E-state index in [4.69, 9.17) is 0 Å². The van der Waals surface area contributed by atoms with Crippen LogP contribution in [0, 0.1) is 11.3 Å². The van der Waals surface area contributed by atoms with Crippen LogP contribution in [0.15, 0.2) is 65.6 Å². The van der Waals surface area contributed by atoms with Gasteiger partial charge in [0.25, 0.3) is 0 Å². The SMILES string of the molecule is CC(C)CCN(C[C@@H](O)[C@H](Cc1ccccc1)NC(=O)[C@@H](NC(=O)CBr)C(C)(C)C)S(=O)(=O)c1ccccc1. The summed E-state index contributed by atoms with van der Waals surface area (Å²) < 4.78 is 28.4. The molecule has 0 aliphatic rings. The molecule has 0 spiro atoms. The molecule has 0 saturated carbocycles. The van der Waals surface area contributed by atoms with Crippen molar-refractivity contribution in [2.24, 2.45) is 11.3 Å². The summed E-state index contributed by atoms with van der Waals surface area (Å²) in [5.74, 6) is -0.531. The van der Waals surface area contributed by atoms with E-state index in [-0.39, 0.29) is 41.6 Å². The summed E-state index contributed by atoms with van der Waals surface area (Å²) in [6.45, 7) is 9.57. The largest absolute Gasteiger partial charge is 0.390 e. The Morgan fingerprint density at radius 1 is 0.974 bits per heavy atom. The van der Waals surface area contributed by atoms with Gasteiger partial charge in [-0.2, -0.15) is 4.31 Å². The molecule has 0 aliphatic carbocycles. The second-order valence-corrected chi connectivity index (χ2v) is 13.7. The van der Waals surface area contributed by atoms with E-state index in [1.54, 1.807) is 18.2 Å². The molecule has 10 heteroatoms. The molecule has 2 aromatic carbocycles. The Kier molecular flexibility index (Phi) is 12.6. The van der Waals surface area contributed by atoms with Crippen LogP contribution in [-0.2, 0) is 26.0 Å². The maximum absolute atomic E-state index is 13.6. The number of nitrogens with zero attached hydrogens (tertiary/aromatic N) is 1. The van der Waals surface area contributed by atoms with Gasteiger partial charge < -0.3 is 15.7 Å². The summed E-state index contributed by atoms with van der Waals surface area (Å²) in [6.07, 6.45) is -0.327. The molecule has 0 bridgehead atoms. The maximum atomic E-state index is 13.6. The van der Waals surface area contributed by atoms with Gasteiger partial charge in [-0.3, -0.25) is 9.59 Å². The average Bonchev–Trinajstić information content (AvgIpc) is 2.89. The van der Waals surface area contributed by atoms with Gasteiger partial charge in [-0.05, 0) is 41.9 Å². The first-order valence-corrected chi connectivity index (χ1v) is 15.7. The molecule has 0 fully saturated rings. The second-order valence-electron chi connectivity index (χ2n) is 11.2. The van der Waals surface area contributed by atoms with Gasteiger partial charge in [-0.15, -0.1) is 0 Å². The Labute approximate surface area is 241 Å². The van der Waals surface area contributed by atoms with Crippen LogP contribution in [0.25, 0.3) is 0 Å². The normalized spacial score (nSPS) is 14.6. The fraction of sp³-hybridized carbons (Fsp3) is 0.517. The van der Waals surface area contributed by atoms with Crippen LogP contribution in [0.3, 0.4) is 0 Å². The lowest BCUT2D eigenvalue weighted by Gasteiger charge is -2.34. The molecule has 0 aliphatic heterocycles. The third-order valence-corrected chi connectivity index (χ3v) is 8.76. The smallest absolute Gasteiger partial charge is 0.243 e. The summed E-state index contributed by atoms with van der Waals surface area (Å²) in [7, 11) is -3.89. The molecular weight excluding hydrogens is 582 g/mol. The fourth-order valence-electron chi connectivity index (χ4n) is 4.08. The minimum atomic E-state index is -3.89. The van der Waals surface area contributed by atoms with E-state index < -0.39 is 39.5 Å². The first kappa shape index (κ1) is 32.9. The van der Waals surface area contributed by atoms with Crippen molar-refractivity contribution >= 4 is 37.8 Å². The molecule has 2 aromatic rings. The van der Waals surface area contributed by atoms with Crippen molar-refractivity contribution in [1.29, 1.82) is 0 Å². The van der Waals surface area contributed by atoms with Gasteiger partial charge >= 0.3 is 0 Å². The number of hydrogen-bond donors (Lipinski definition) is 3. The van der Waals surface area contributed by atoms with Crippen molar-refractivity contribution in [3.63, 3.8) is 0 Å². The summed E-state index contributed by atoms with van der Waals surface area (Å²) in [4.78, 5) is 25.8. The highest BCUT2D eigenvalue weighted by Crippen LogP contribution is 2.22. The third kappa shape index (κ3) is 10.3. The number of hydrogen-bond acceptors (Lipinski definition) is 5. The maximum Gasteiger partial charge on any atom is 0.243 e. The van der Waals surface area contributed by atoms with Crippen molar-refractivity contribution < 1.29 is 23.1 Å². The summed E-state index contributed by atoms with van der Waals surface area (Å²) in [5, 5.41) is 17.2. The van der Waals surface area contributed by atoms with Gasteiger partial charge in [-0.25, -0.2) is 8.42 Å². The lowest BCUT2D eigenvalue weighted by molar-refractivity contribution is -0.131. The molecule has 3 atom stereocenters. The number of alkyl halides is 1. The Hall–Kier alpha value is -2.27. The van der Waals surface area contributed by atoms with Crippen LogP contribution in [0.5, 0.6) is 0 Å². The minimum Gasteiger partial charge on any atom is -0.390 e. The zero-order chi connectivity index (χ0) is 29.2. The van der Waals surface area contributed by atoms with E-state index in [0.29, 0.717) is 6.42 Å². The number of benzene rings is 2. The van der Waals surface area contributed by atoms with Crippen molar-refractivity contribution in [3.8, 4) is 0 Å². The summed E-state index contributed by atoms with van der Waals surface area (Å²) in [6, 6.07) is 15.8. The van der Waals surface area contributed by atoms with Gasteiger partial charge in [0.2, 0.25) is 21.8 Å². The Balaban J connectivity index is 2.39. The van der Waals surface area contributed by atoms with Crippen LogP contribution in [0.1, 0.15) is 46.6 Å². The lowest BCUT2D eigenvalue weighted by atomic mass is 9.85. The molecule has 216 valence electrons. The third-order valence-electron chi connectivity index (χ3n) is 6.37. The van der Waals surface area contributed by atoms with E-state index in [2.05, 4.69) is 26.6 Å². The number of carbonyl (C=O) groups is 2.